The molecule has 0 saturated heterocycles. The van der Waals surface area contributed by atoms with E-state index in [0.29, 0.717) is 16.8 Å². The lowest BCUT2D eigenvalue weighted by molar-refractivity contribution is 0.0954. The molecule has 0 bridgehead atoms. The van der Waals surface area contributed by atoms with Crippen LogP contribution in [0.25, 0.3) is 0 Å². The average molecular weight is 357 g/mol. The van der Waals surface area contributed by atoms with Crippen LogP contribution < -0.4 is 10.7 Å². The van der Waals surface area contributed by atoms with Gasteiger partial charge in [0, 0.05) is 16.8 Å². The van der Waals surface area contributed by atoms with E-state index in [1.165, 1.54) is 0 Å². The molecule has 27 heavy (non-hydrogen) atoms. The van der Waals surface area contributed by atoms with Gasteiger partial charge in [0.1, 0.15) is 0 Å². The Labute approximate surface area is 157 Å². The summed E-state index contributed by atoms with van der Waals surface area (Å²) in [5.74, 6) is -0.503. The summed E-state index contributed by atoms with van der Waals surface area (Å²) in [5.41, 5.74) is 5.98. The Hall–Kier alpha value is -3.73. The predicted octanol–water partition coefficient (Wildman–Crippen LogP) is 4.01. The Kier molecular flexibility index (Phi) is 5.74. The third kappa shape index (κ3) is 4.89. The first-order valence-corrected chi connectivity index (χ1v) is 8.49. The molecule has 134 valence electrons. The number of carbonyl (C=O) groups excluding carboxylic acids is 2. The second-order valence-electron chi connectivity index (χ2n) is 5.96. The third-order valence-corrected chi connectivity index (χ3v) is 3.97. The molecule has 0 aliphatic heterocycles. The fourth-order valence-electron chi connectivity index (χ4n) is 2.50. The van der Waals surface area contributed by atoms with Gasteiger partial charge in [0.15, 0.2) is 0 Å². The normalized spacial score (nSPS) is 10.6. The van der Waals surface area contributed by atoms with Crippen LogP contribution in [-0.4, -0.2) is 18.0 Å². The molecule has 5 heteroatoms. The van der Waals surface area contributed by atoms with Gasteiger partial charge in [-0.2, -0.15) is 5.10 Å². The molecule has 5 nitrogen and oxygen atoms in total. The number of amides is 2. The Balaban J connectivity index is 1.59. The van der Waals surface area contributed by atoms with E-state index in [-0.39, 0.29) is 11.8 Å². The fourth-order valence-corrected chi connectivity index (χ4v) is 2.50. The lowest BCUT2D eigenvalue weighted by Gasteiger charge is -2.08. The highest BCUT2D eigenvalue weighted by atomic mass is 16.2. The van der Waals surface area contributed by atoms with Gasteiger partial charge in [-0.15, -0.1) is 0 Å². The van der Waals surface area contributed by atoms with Gasteiger partial charge >= 0.3 is 0 Å². The molecule has 0 heterocycles. The maximum absolute atomic E-state index is 12.3. The molecule has 2 amide bonds. The molecule has 0 spiro atoms. The molecule has 0 unspecified atom stereocenters. The molecule has 3 aromatic carbocycles. The van der Waals surface area contributed by atoms with Crippen LogP contribution in [0.15, 0.2) is 84.0 Å². The van der Waals surface area contributed by atoms with E-state index in [9.17, 15) is 9.59 Å². The molecule has 2 N–H and O–H groups in total. The Bertz CT molecular complexity index is 964. The van der Waals surface area contributed by atoms with E-state index >= 15 is 0 Å². The fraction of sp³-hybridized carbons (Fsp3) is 0.0455. The monoisotopic (exact) mass is 357 g/mol. The summed E-state index contributed by atoms with van der Waals surface area (Å²) in [6, 6.07) is 23.5. The minimum atomic E-state index is -0.320. The summed E-state index contributed by atoms with van der Waals surface area (Å²) in [5, 5.41) is 6.77. The van der Waals surface area contributed by atoms with Gasteiger partial charge in [-0.25, -0.2) is 5.43 Å². The molecular weight excluding hydrogens is 338 g/mol. The number of nitrogens with one attached hydrogen (secondary N) is 2. The topological polar surface area (TPSA) is 70.6 Å². The molecule has 3 aromatic rings. The van der Waals surface area contributed by atoms with Gasteiger partial charge in [0.2, 0.25) is 0 Å². The molecular formula is C22H19N3O2. The van der Waals surface area contributed by atoms with Gasteiger partial charge in [0.05, 0.1) is 6.21 Å². The van der Waals surface area contributed by atoms with Crippen molar-refractivity contribution in [2.45, 2.75) is 6.92 Å². The first-order chi connectivity index (χ1) is 13.1. The number of hydrogen-bond donors (Lipinski definition) is 2. The van der Waals surface area contributed by atoms with Crippen molar-refractivity contribution in [3.63, 3.8) is 0 Å². The smallest absolute Gasteiger partial charge is 0.271 e. The maximum Gasteiger partial charge on any atom is 0.271 e. The zero-order valence-corrected chi connectivity index (χ0v) is 14.8. The lowest BCUT2D eigenvalue weighted by atomic mass is 10.1. The minimum Gasteiger partial charge on any atom is -0.322 e. The van der Waals surface area contributed by atoms with Gasteiger partial charge < -0.3 is 5.32 Å². The van der Waals surface area contributed by atoms with E-state index in [2.05, 4.69) is 15.8 Å². The minimum absolute atomic E-state index is 0.183. The second-order valence-corrected chi connectivity index (χ2v) is 5.96. The number of hydrazone groups is 1. The number of rotatable bonds is 5. The van der Waals surface area contributed by atoms with Crippen molar-refractivity contribution in [2.24, 2.45) is 5.10 Å². The second kappa shape index (κ2) is 8.58. The number of nitrogens with zero attached hydrogens (tertiary/aromatic N) is 1. The van der Waals surface area contributed by atoms with E-state index in [1.807, 2.05) is 55.5 Å². The van der Waals surface area contributed by atoms with Crippen molar-refractivity contribution < 1.29 is 9.59 Å². The van der Waals surface area contributed by atoms with Gasteiger partial charge in [-0.3, -0.25) is 9.59 Å². The Morgan fingerprint density at radius 2 is 1.48 bits per heavy atom. The Morgan fingerprint density at radius 3 is 2.19 bits per heavy atom. The van der Waals surface area contributed by atoms with Gasteiger partial charge in [-0.1, -0.05) is 48.5 Å². The summed E-state index contributed by atoms with van der Waals surface area (Å²) in [6.07, 6.45) is 1.58. The standard InChI is InChI=1S/C22H19N3O2/c1-16-7-5-6-10-20(16)22(27)24-19-13-11-18(12-14-19)21(26)25-23-15-17-8-3-2-4-9-17/h2-15H,1H3,(H,24,27)(H,25,26). The van der Waals surface area contributed by atoms with Crippen LogP contribution in [-0.2, 0) is 0 Å². The van der Waals surface area contributed by atoms with Crippen molar-refractivity contribution in [1.29, 1.82) is 0 Å². The lowest BCUT2D eigenvalue weighted by Crippen LogP contribution is -2.18. The molecule has 0 atom stereocenters. The van der Waals surface area contributed by atoms with Crippen LogP contribution >= 0.6 is 0 Å². The largest absolute Gasteiger partial charge is 0.322 e. The first kappa shape index (κ1) is 18.1. The van der Waals surface area contributed by atoms with Crippen molar-refractivity contribution in [3.05, 3.63) is 101 Å². The number of anilines is 1. The van der Waals surface area contributed by atoms with Crippen LogP contribution in [0.5, 0.6) is 0 Å². The highest BCUT2D eigenvalue weighted by molar-refractivity contribution is 6.05. The van der Waals surface area contributed by atoms with Crippen molar-refractivity contribution in [3.8, 4) is 0 Å². The van der Waals surface area contributed by atoms with E-state index in [0.717, 1.165) is 11.1 Å². The first-order valence-electron chi connectivity index (χ1n) is 8.49. The molecule has 0 aliphatic rings. The number of hydrogen-bond acceptors (Lipinski definition) is 3. The van der Waals surface area contributed by atoms with Crippen LogP contribution in [0.3, 0.4) is 0 Å². The van der Waals surface area contributed by atoms with Crippen LogP contribution in [0.4, 0.5) is 5.69 Å². The van der Waals surface area contributed by atoms with E-state index in [1.54, 1.807) is 36.5 Å². The summed E-state index contributed by atoms with van der Waals surface area (Å²) < 4.78 is 0. The molecule has 3 rings (SSSR count). The zero-order valence-electron chi connectivity index (χ0n) is 14.8. The van der Waals surface area contributed by atoms with Crippen LogP contribution in [0, 0.1) is 6.92 Å². The van der Waals surface area contributed by atoms with Gasteiger partial charge in [0.25, 0.3) is 11.8 Å². The number of benzene rings is 3. The predicted molar refractivity (Wildman–Crippen MR) is 107 cm³/mol. The molecule has 0 aliphatic carbocycles. The highest BCUT2D eigenvalue weighted by Gasteiger charge is 2.09. The van der Waals surface area contributed by atoms with Crippen molar-refractivity contribution in [2.75, 3.05) is 5.32 Å². The van der Waals surface area contributed by atoms with Crippen molar-refractivity contribution in [1.82, 2.24) is 5.43 Å². The third-order valence-electron chi connectivity index (χ3n) is 3.97. The van der Waals surface area contributed by atoms with E-state index < -0.39 is 0 Å². The summed E-state index contributed by atoms with van der Waals surface area (Å²) in [6.45, 7) is 1.89. The van der Waals surface area contributed by atoms with Crippen molar-refractivity contribution >= 4 is 23.7 Å². The highest BCUT2D eigenvalue weighted by Crippen LogP contribution is 2.13. The maximum atomic E-state index is 12.3. The van der Waals surface area contributed by atoms with Gasteiger partial charge in [-0.05, 0) is 48.4 Å². The summed E-state index contributed by atoms with van der Waals surface area (Å²) in [7, 11) is 0. The molecule has 0 fully saturated rings. The van der Waals surface area contributed by atoms with Crippen LogP contribution in [0.1, 0.15) is 31.8 Å². The number of aryl methyl sites for hydroxylation is 1. The SMILES string of the molecule is Cc1ccccc1C(=O)Nc1ccc(C(=O)NN=Cc2ccccc2)cc1. The Morgan fingerprint density at radius 1 is 0.815 bits per heavy atom. The summed E-state index contributed by atoms with van der Waals surface area (Å²) >= 11 is 0. The molecule has 0 saturated carbocycles. The molecule has 0 aromatic heterocycles. The zero-order chi connectivity index (χ0) is 19.1. The molecule has 0 radical (unpaired) electrons. The quantitative estimate of drug-likeness (QED) is 0.535. The number of carbonyl (C=O) groups is 2. The summed E-state index contributed by atoms with van der Waals surface area (Å²) in [4.78, 5) is 24.4. The van der Waals surface area contributed by atoms with Crippen LogP contribution in [0.2, 0.25) is 0 Å². The van der Waals surface area contributed by atoms with E-state index in [4.69, 9.17) is 0 Å². The average Bonchev–Trinajstić information content (AvgIpc) is 2.69.